The molecule has 0 saturated heterocycles. The molecule has 0 spiro atoms. The van der Waals surface area contributed by atoms with Gasteiger partial charge in [-0.25, -0.2) is 0 Å². The van der Waals surface area contributed by atoms with Gasteiger partial charge in [-0.2, -0.15) is 0 Å². The van der Waals surface area contributed by atoms with Crippen molar-refractivity contribution in [1.29, 1.82) is 0 Å². The van der Waals surface area contributed by atoms with E-state index in [0.29, 0.717) is 17.2 Å². The van der Waals surface area contributed by atoms with Crippen LogP contribution in [0.1, 0.15) is 10.4 Å². The van der Waals surface area contributed by atoms with Gasteiger partial charge in [0.15, 0.2) is 5.75 Å². The van der Waals surface area contributed by atoms with Gasteiger partial charge < -0.3 is 19.9 Å². The number of benzene rings is 3. The first kappa shape index (κ1) is 17.4. The van der Waals surface area contributed by atoms with E-state index < -0.39 is 5.91 Å². The highest BCUT2D eigenvalue weighted by atomic mass is 16.5. The average Bonchev–Trinajstić information content (AvgIpc) is 2.68. The number of hydrogen-bond acceptors (Lipinski definition) is 4. The fraction of sp³-hybridized carbons (Fsp3) is 0.0952. The molecule has 5 heteroatoms. The number of methoxy groups -OCH3 is 2. The SMILES string of the molecule is COc1ccc(-c2ccccc2)c(OC)c1NC(=O)c1ccccc1O. The summed E-state index contributed by atoms with van der Waals surface area (Å²) in [7, 11) is 3.06. The molecule has 0 aliphatic carbocycles. The topological polar surface area (TPSA) is 67.8 Å². The third kappa shape index (κ3) is 3.32. The maximum absolute atomic E-state index is 12.6. The molecule has 3 rings (SSSR count). The zero-order valence-corrected chi connectivity index (χ0v) is 14.5. The molecule has 2 N–H and O–H groups in total. The Morgan fingerprint density at radius 1 is 0.885 bits per heavy atom. The largest absolute Gasteiger partial charge is 0.507 e. The molecule has 0 aromatic heterocycles. The van der Waals surface area contributed by atoms with E-state index in [0.717, 1.165) is 11.1 Å². The van der Waals surface area contributed by atoms with Crippen molar-refractivity contribution in [3.63, 3.8) is 0 Å². The Kier molecular flexibility index (Phi) is 5.08. The molecule has 0 atom stereocenters. The highest BCUT2D eigenvalue weighted by molar-refractivity contribution is 6.08. The molecule has 3 aromatic carbocycles. The summed E-state index contributed by atoms with van der Waals surface area (Å²) in [6.07, 6.45) is 0. The first-order chi connectivity index (χ1) is 12.7. The quantitative estimate of drug-likeness (QED) is 0.719. The predicted octanol–water partition coefficient (Wildman–Crippen LogP) is 4.33. The van der Waals surface area contributed by atoms with Crippen LogP contribution >= 0.6 is 0 Å². The minimum absolute atomic E-state index is 0.0952. The fourth-order valence-corrected chi connectivity index (χ4v) is 2.76. The van der Waals surface area contributed by atoms with Gasteiger partial charge in [0.2, 0.25) is 0 Å². The molecule has 1 amide bonds. The van der Waals surface area contributed by atoms with Gasteiger partial charge in [-0.3, -0.25) is 4.79 Å². The van der Waals surface area contributed by atoms with E-state index in [-0.39, 0.29) is 11.3 Å². The number of carbonyl (C=O) groups is 1. The first-order valence-electron chi connectivity index (χ1n) is 8.05. The van der Waals surface area contributed by atoms with Crippen LogP contribution in [0.5, 0.6) is 17.2 Å². The molecule has 0 fully saturated rings. The van der Waals surface area contributed by atoms with Crippen molar-refractivity contribution in [2.45, 2.75) is 0 Å². The number of carbonyl (C=O) groups excluding carboxylic acids is 1. The lowest BCUT2D eigenvalue weighted by molar-refractivity contribution is 0.102. The van der Waals surface area contributed by atoms with Crippen LogP contribution in [-0.4, -0.2) is 25.2 Å². The molecule has 0 aliphatic rings. The highest BCUT2D eigenvalue weighted by Crippen LogP contribution is 2.42. The Morgan fingerprint density at radius 3 is 2.23 bits per heavy atom. The summed E-state index contributed by atoms with van der Waals surface area (Å²) in [5.74, 6) is 0.400. The lowest BCUT2D eigenvalue weighted by Gasteiger charge is -2.18. The molecule has 0 radical (unpaired) electrons. The van der Waals surface area contributed by atoms with E-state index in [1.807, 2.05) is 36.4 Å². The van der Waals surface area contributed by atoms with E-state index in [1.54, 1.807) is 24.3 Å². The van der Waals surface area contributed by atoms with Gasteiger partial charge in [0.1, 0.15) is 17.2 Å². The third-order valence-electron chi connectivity index (χ3n) is 4.02. The smallest absolute Gasteiger partial charge is 0.259 e. The Labute approximate surface area is 151 Å². The van der Waals surface area contributed by atoms with E-state index in [2.05, 4.69) is 5.32 Å². The summed E-state index contributed by atoms with van der Waals surface area (Å²) in [6.45, 7) is 0. The molecule has 0 heterocycles. The number of aromatic hydroxyl groups is 1. The van der Waals surface area contributed by atoms with Gasteiger partial charge in [0.25, 0.3) is 5.91 Å². The van der Waals surface area contributed by atoms with E-state index in [4.69, 9.17) is 9.47 Å². The molecule has 26 heavy (non-hydrogen) atoms. The highest BCUT2D eigenvalue weighted by Gasteiger charge is 2.20. The Bertz CT molecular complexity index is 923. The minimum Gasteiger partial charge on any atom is -0.507 e. The number of nitrogens with one attached hydrogen (secondary N) is 1. The third-order valence-corrected chi connectivity index (χ3v) is 4.02. The van der Waals surface area contributed by atoms with Gasteiger partial charge in [-0.1, -0.05) is 42.5 Å². The van der Waals surface area contributed by atoms with E-state index in [9.17, 15) is 9.90 Å². The number of para-hydroxylation sites is 1. The van der Waals surface area contributed by atoms with Gasteiger partial charge in [0, 0.05) is 5.56 Å². The van der Waals surface area contributed by atoms with Gasteiger partial charge >= 0.3 is 0 Å². The van der Waals surface area contributed by atoms with Crippen LogP contribution in [0.2, 0.25) is 0 Å². The normalized spacial score (nSPS) is 10.2. The minimum atomic E-state index is -0.454. The van der Waals surface area contributed by atoms with Crippen LogP contribution in [0.4, 0.5) is 5.69 Å². The molecule has 132 valence electrons. The van der Waals surface area contributed by atoms with Crippen molar-refractivity contribution in [3.05, 3.63) is 72.3 Å². The number of rotatable bonds is 5. The lowest BCUT2D eigenvalue weighted by atomic mass is 10.0. The van der Waals surface area contributed by atoms with Crippen LogP contribution in [0.15, 0.2) is 66.7 Å². The average molecular weight is 349 g/mol. The first-order valence-corrected chi connectivity index (χ1v) is 8.05. The Morgan fingerprint density at radius 2 is 1.58 bits per heavy atom. The van der Waals surface area contributed by atoms with Crippen LogP contribution in [0, 0.1) is 0 Å². The summed E-state index contributed by atoms with van der Waals surface area (Å²) in [5, 5.41) is 12.7. The van der Waals surface area contributed by atoms with Crippen LogP contribution in [0.25, 0.3) is 11.1 Å². The number of hydrogen-bond donors (Lipinski definition) is 2. The van der Waals surface area contributed by atoms with Crippen molar-refractivity contribution in [3.8, 4) is 28.4 Å². The number of phenolic OH excluding ortho intramolecular Hbond substituents is 1. The van der Waals surface area contributed by atoms with Crippen LogP contribution in [0.3, 0.4) is 0 Å². The van der Waals surface area contributed by atoms with Crippen molar-refractivity contribution < 1.29 is 19.4 Å². The standard InChI is InChI=1S/C21H19NO4/c1-25-18-13-12-15(14-8-4-3-5-9-14)20(26-2)19(18)22-21(24)16-10-6-7-11-17(16)23/h3-13,23H,1-2H3,(H,22,24). The number of ether oxygens (including phenoxy) is 2. The second-order valence-corrected chi connectivity index (χ2v) is 5.56. The maximum atomic E-state index is 12.6. The van der Waals surface area contributed by atoms with Crippen molar-refractivity contribution in [2.24, 2.45) is 0 Å². The van der Waals surface area contributed by atoms with Gasteiger partial charge in [-0.15, -0.1) is 0 Å². The summed E-state index contributed by atoms with van der Waals surface area (Å²) >= 11 is 0. The second kappa shape index (κ2) is 7.61. The van der Waals surface area contributed by atoms with Crippen molar-refractivity contribution in [1.82, 2.24) is 0 Å². The molecule has 3 aromatic rings. The zero-order chi connectivity index (χ0) is 18.5. The second-order valence-electron chi connectivity index (χ2n) is 5.56. The Hall–Kier alpha value is -3.47. The molecule has 0 bridgehead atoms. The van der Waals surface area contributed by atoms with Gasteiger partial charge in [-0.05, 0) is 29.8 Å². The molecule has 0 unspecified atom stereocenters. The summed E-state index contributed by atoms with van der Waals surface area (Å²) < 4.78 is 11.0. The monoisotopic (exact) mass is 349 g/mol. The molecule has 0 aliphatic heterocycles. The van der Waals surface area contributed by atoms with Crippen molar-refractivity contribution in [2.75, 3.05) is 19.5 Å². The fourth-order valence-electron chi connectivity index (χ4n) is 2.76. The molecule has 0 saturated carbocycles. The van der Waals surface area contributed by atoms with E-state index in [1.165, 1.54) is 20.3 Å². The summed E-state index contributed by atoms with van der Waals surface area (Å²) in [6, 6.07) is 19.7. The van der Waals surface area contributed by atoms with E-state index >= 15 is 0 Å². The summed E-state index contributed by atoms with van der Waals surface area (Å²) in [5.41, 5.74) is 2.35. The number of phenols is 1. The van der Waals surface area contributed by atoms with Crippen molar-refractivity contribution >= 4 is 11.6 Å². The lowest BCUT2D eigenvalue weighted by Crippen LogP contribution is -2.14. The number of amides is 1. The Balaban J connectivity index is 2.08. The molecular formula is C21H19NO4. The maximum Gasteiger partial charge on any atom is 0.259 e. The van der Waals surface area contributed by atoms with Crippen LogP contribution < -0.4 is 14.8 Å². The zero-order valence-electron chi connectivity index (χ0n) is 14.5. The molecule has 5 nitrogen and oxygen atoms in total. The molecular weight excluding hydrogens is 330 g/mol. The predicted molar refractivity (Wildman–Crippen MR) is 101 cm³/mol. The number of anilines is 1. The summed E-state index contributed by atoms with van der Waals surface area (Å²) in [4.78, 5) is 12.6. The van der Waals surface area contributed by atoms with Gasteiger partial charge in [0.05, 0.1) is 19.8 Å². The van der Waals surface area contributed by atoms with Crippen LogP contribution in [-0.2, 0) is 0 Å².